The molecule has 0 bridgehead atoms. The molecule has 21 heavy (non-hydrogen) atoms. The average Bonchev–Trinajstić information content (AvgIpc) is 2.95. The van der Waals surface area contributed by atoms with Gasteiger partial charge in [-0.25, -0.2) is 0 Å². The summed E-state index contributed by atoms with van der Waals surface area (Å²) in [5.74, 6) is 0.977. The Hall–Kier alpha value is -1.07. The first-order valence-electron chi connectivity index (χ1n) is 7.62. The molecule has 2 N–H and O–H groups in total. The van der Waals surface area contributed by atoms with Gasteiger partial charge in [0.05, 0.1) is 6.04 Å². The van der Waals surface area contributed by atoms with E-state index in [1.54, 1.807) is 0 Å². The van der Waals surface area contributed by atoms with Crippen LogP contribution in [0, 0.1) is 11.8 Å². The first kappa shape index (κ1) is 18.0. The lowest BCUT2D eigenvalue weighted by Crippen LogP contribution is -2.33. The summed E-state index contributed by atoms with van der Waals surface area (Å²) in [5.41, 5.74) is 0.520. The Labute approximate surface area is 133 Å². The van der Waals surface area contributed by atoms with E-state index < -0.39 is 0 Å². The number of aromatic nitrogens is 2. The van der Waals surface area contributed by atoms with Crippen molar-refractivity contribution in [3.05, 3.63) is 18.0 Å². The van der Waals surface area contributed by atoms with Crippen molar-refractivity contribution < 1.29 is 4.79 Å². The zero-order chi connectivity index (χ0) is 14.5. The summed E-state index contributed by atoms with van der Waals surface area (Å²) in [7, 11) is 0. The lowest BCUT2D eigenvalue weighted by atomic mass is 9.98. The molecule has 5 nitrogen and oxygen atoms in total. The molecule has 0 spiro atoms. The maximum atomic E-state index is 12.1. The summed E-state index contributed by atoms with van der Waals surface area (Å²) in [5, 5.41) is 10.8. The minimum absolute atomic E-state index is 0. The molecule has 1 amide bonds. The van der Waals surface area contributed by atoms with E-state index in [2.05, 4.69) is 36.5 Å². The third-order valence-corrected chi connectivity index (χ3v) is 4.21. The summed E-state index contributed by atoms with van der Waals surface area (Å²) >= 11 is 0. The lowest BCUT2D eigenvalue weighted by Gasteiger charge is -2.22. The number of carbonyl (C=O) groups is 1. The van der Waals surface area contributed by atoms with Gasteiger partial charge in [-0.3, -0.25) is 9.48 Å². The van der Waals surface area contributed by atoms with Crippen LogP contribution in [0.3, 0.4) is 0 Å². The third-order valence-electron chi connectivity index (χ3n) is 4.21. The van der Waals surface area contributed by atoms with Crippen molar-refractivity contribution in [2.45, 2.75) is 39.7 Å². The molecule has 0 aromatic carbocycles. The van der Waals surface area contributed by atoms with Crippen LogP contribution in [-0.2, 0) is 0 Å². The van der Waals surface area contributed by atoms with E-state index in [4.69, 9.17) is 0 Å². The number of carbonyl (C=O) groups excluding carboxylic acids is 1. The normalized spacial score (nSPS) is 19.9. The first-order chi connectivity index (χ1) is 9.58. The molecule has 1 fully saturated rings. The zero-order valence-corrected chi connectivity index (χ0v) is 13.9. The molecule has 2 rings (SSSR count). The van der Waals surface area contributed by atoms with Gasteiger partial charge in [0.2, 0.25) is 0 Å². The molecule has 0 aliphatic carbocycles. The van der Waals surface area contributed by atoms with Crippen molar-refractivity contribution in [3.8, 4) is 0 Å². The first-order valence-corrected chi connectivity index (χ1v) is 7.62. The van der Waals surface area contributed by atoms with Crippen molar-refractivity contribution in [3.63, 3.8) is 0 Å². The van der Waals surface area contributed by atoms with Crippen LogP contribution in [0.15, 0.2) is 12.3 Å². The Morgan fingerprint density at radius 2 is 2.29 bits per heavy atom. The lowest BCUT2D eigenvalue weighted by molar-refractivity contribution is 0.0938. The standard InChI is InChI=1S/C15H26N4O.ClH/c1-11(2)12(3)9-17-15(20)14-6-8-19(18-14)13-5-4-7-16-10-13;/h6,8,11-13,16H,4-5,7,9-10H2,1-3H3,(H,17,20);1H. The van der Waals surface area contributed by atoms with Crippen molar-refractivity contribution in [1.82, 2.24) is 20.4 Å². The Bertz CT molecular complexity index is 441. The smallest absolute Gasteiger partial charge is 0.271 e. The van der Waals surface area contributed by atoms with Gasteiger partial charge in [-0.05, 0) is 37.3 Å². The third kappa shape index (κ3) is 5.00. The van der Waals surface area contributed by atoms with Crippen LogP contribution in [0.1, 0.15) is 50.1 Å². The number of nitrogens with zero attached hydrogens (tertiary/aromatic N) is 2. The summed E-state index contributed by atoms with van der Waals surface area (Å²) in [6.45, 7) is 9.21. The van der Waals surface area contributed by atoms with Gasteiger partial charge < -0.3 is 10.6 Å². The fourth-order valence-corrected chi connectivity index (χ4v) is 2.30. The molecule has 2 heterocycles. The highest BCUT2D eigenvalue weighted by Gasteiger charge is 2.18. The predicted molar refractivity (Wildman–Crippen MR) is 87.0 cm³/mol. The second-order valence-electron chi connectivity index (χ2n) is 6.11. The topological polar surface area (TPSA) is 59.0 Å². The molecule has 1 aliphatic heterocycles. The van der Waals surface area contributed by atoms with Crippen molar-refractivity contribution >= 4 is 18.3 Å². The molecule has 2 atom stereocenters. The molecule has 1 saturated heterocycles. The predicted octanol–water partition coefficient (Wildman–Crippen LogP) is 2.25. The molecular formula is C15H27ClN4O. The van der Waals surface area contributed by atoms with Crippen LogP contribution in [0.4, 0.5) is 0 Å². The number of halogens is 1. The maximum absolute atomic E-state index is 12.1. The summed E-state index contributed by atoms with van der Waals surface area (Å²) < 4.78 is 1.92. The number of nitrogens with one attached hydrogen (secondary N) is 2. The van der Waals surface area contributed by atoms with Gasteiger partial charge in [0.25, 0.3) is 5.91 Å². The Morgan fingerprint density at radius 3 is 2.90 bits per heavy atom. The summed E-state index contributed by atoms with van der Waals surface area (Å²) in [4.78, 5) is 12.1. The second kappa shape index (κ2) is 8.39. The van der Waals surface area contributed by atoms with Gasteiger partial charge in [-0.1, -0.05) is 20.8 Å². The Kier molecular flexibility index (Phi) is 7.18. The minimum atomic E-state index is -0.0694. The molecule has 1 aliphatic rings. The molecule has 2 unspecified atom stereocenters. The molecule has 120 valence electrons. The van der Waals surface area contributed by atoms with Gasteiger partial charge >= 0.3 is 0 Å². The molecule has 6 heteroatoms. The second-order valence-corrected chi connectivity index (χ2v) is 6.11. The Balaban J connectivity index is 0.00000220. The van der Waals surface area contributed by atoms with E-state index in [9.17, 15) is 4.79 Å². The quantitative estimate of drug-likeness (QED) is 0.876. The van der Waals surface area contributed by atoms with Crippen molar-refractivity contribution in [1.29, 1.82) is 0 Å². The van der Waals surface area contributed by atoms with Crippen LogP contribution < -0.4 is 10.6 Å². The van der Waals surface area contributed by atoms with Gasteiger partial charge in [0, 0.05) is 19.3 Å². The minimum Gasteiger partial charge on any atom is -0.350 e. The SMILES string of the molecule is CC(C)C(C)CNC(=O)c1ccn(C2CCCNC2)n1.Cl. The van der Waals surface area contributed by atoms with Gasteiger partial charge in [-0.2, -0.15) is 5.10 Å². The summed E-state index contributed by atoms with van der Waals surface area (Å²) in [6, 6.07) is 2.18. The van der Waals surface area contributed by atoms with E-state index in [0.29, 0.717) is 30.1 Å². The van der Waals surface area contributed by atoms with E-state index in [1.165, 1.54) is 0 Å². The molecular weight excluding hydrogens is 288 g/mol. The fraction of sp³-hybridized carbons (Fsp3) is 0.733. The van der Waals surface area contributed by atoms with Crippen LogP contribution in [0.5, 0.6) is 0 Å². The number of rotatable bonds is 5. The average molecular weight is 315 g/mol. The van der Waals surface area contributed by atoms with Crippen LogP contribution in [0.25, 0.3) is 0 Å². The van der Waals surface area contributed by atoms with E-state index in [1.807, 2.05) is 16.9 Å². The number of hydrogen-bond acceptors (Lipinski definition) is 3. The number of piperidine rings is 1. The molecule has 0 saturated carbocycles. The van der Waals surface area contributed by atoms with Crippen LogP contribution in [-0.4, -0.2) is 35.3 Å². The highest BCUT2D eigenvalue weighted by molar-refractivity contribution is 5.92. The number of amides is 1. The van der Waals surface area contributed by atoms with Gasteiger partial charge in [0.1, 0.15) is 5.69 Å². The van der Waals surface area contributed by atoms with Gasteiger partial charge in [-0.15, -0.1) is 12.4 Å². The molecule has 0 radical (unpaired) electrons. The van der Waals surface area contributed by atoms with Crippen LogP contribution >= 0.6 is 12.4 Å². The van der Waals surface area contributed by atoms with Crippen molar-refractivity contribution in [2.24, 2.45) is 11.8 Å². The zero-order valence-electron chi connectivity index (χ0n) is 13.1. The van der Waals surface area contributed by atoms with Gasteiger partial charge in [0.15, 0.2) is 0 Å². The van der Waals surface area contributed by atoms with E-state index in [0.717, 1.165) is 25.9 Å². The maximum Gasteiger partial charge on any atom is 0.271 e. The molecule has 1 aromatic rings. The summed E-state index contributed by atoms with van der Waals surface area (Å²) in [6.07, 6.45) is 4.20. The van der Waals surface area contributed by atoms with E-state index in [-0.39, 0.29) is 18.3 Å². The highest BCUT2D eigenvalue weighted by atomic mass is 35.5. The molecule has 1 aromatic heterocycles. The van der Waals surface area contributed by atoms with Crippen molar-refractivity contribution in [2.75, 3.05) is 19.6 Å². The monoisotopic (exact) mass is 314 g/mol. The largest absolute Gasteiger partial charge is 0.350 e. The van der Waals surface area contributed by atoms with Crippen LogP contribution in [0.2, 0.25) is 0 Å². The highest BCUT2D eigenvalue weighted by Crippen LogP contribution is 2.15. The number of hydrogen-bond donors (Lipinski definition) is 2. The fourth-order valence-electron chi connectivity index (χ4n) is 2.30. The van der Waals surface area contributed by atoms with E-state index >= 15 is 0 Å². The Morgan fingerprint density at radius 1 is 1.52 bits per heavy atom.